The summed E-state index contributed by atoms with van der Waals surface area (Å²) < 4.78 is 11.3. The molecule has 0 saturated carbocycles. The number of ether oxygens (including phenoxy) is 2. The van der Waals surface area contributed by atoms with Crippen molar-refractivity contribution in [3.8, 4) is 0 Å². The van der Waals surface area contributed by atoms with Crippen LogP contribution in [0, 0.1) is 11.3 Å². The normalized spacial score (nSPS) is 14.4. The summed E-state index contributed by atoms with van der Waals surface area (Å²) in [5.74, 6) is -2.76. The number of amides is 3. The number of hydroxylamine groups is 1. The molecule has 1 aromatic carbocycles. The van der Waals surface area contributed by atoms with Gasteiger partial charge in [0.25, 0.3) is 5.91 Å². The second-order valence-electron chi connectivity index (χ2n) is 10.3. The topological polar surface area (TPSA) is 126 Å². The third kappa shape index (κ3) is 11.6. The summed E-state index contributed by atoms with van der Waals surface area (Å²) in [5, 5.41) is 15.1. The lowest BCUT2D eigenvalue weighted by Gasteiger charge is -2.33. The Labute approximate surface area is 227 Å². The fourth-order valence-corrected chi connectivity index (χ4v) is 3.79. The first-order valence-electron chi connectivity index (χ1n) is 13.1. The Kier molecular flexibility index (Phi) is 14.6. The number of benzene rings is 1. The molecule has 0 heterocycles. The largest absolute Gasteiger partial charge is 0.376 e. The van der Waals surface area contributed by atoms with Crippen LogP contribution < -0.4 is 16.1 Å². The minimum Gasteiger partial charge on any atom is -0.376 e. The van der Waals surface area contributed by atoms with Gasteiger partial charge in [-0.25, -0.2) is 5.48 Å². The van der Waals surface area contributed by atoms with Crippen molar-refractivity contribution in [1.29, 1.82) is 0 Å². The summed E-state index contributed by atoms with van der Waals surface area (Å²) in [5.41, 5.74) is 2.73. The number of rotatable bonds is 15. The van der Waals surface area contributed by atoms with E-state index in [4.69, 9.17) is 9.47 Å². The maximum Gasteiger partial charge on any atom is 0.273 e. The van der Waals surface area contributed by atoms with Gasteiger partial charge < -0.3 is 20.1 Å². The van der Waals surface area contributed by atoms with Gasteiger partial charge in [-0.15, -0.1) is 0 Å². The average Bonchev–Trinajstić information content (AvgIpc) is 2.85. The van der Waals surface area contributed by atoms with Crippen LogP contribution in [0.1, 0.15) is 59.6 Å². The van der Waals surface area contributed by atoms with E-state index < -0.39 is 35.3 Å². The SMILES string of the molecule is C/C=C\C=C/c1cccc(CC(C(=O)N[C@H](C(=O)NCC)C(C)(C)C)C(OCCOC(C)C)C(=O)NO)c1. The van der Waals surface area contributed by atoms with Gasteiger partial charge in [0.05, 0.1) is 25.2 Å². The predicted molar refractivity (Wildman–Crippen MR) is 148 cm³/mol. The Balaban J connectivity index is 3.38. The van der Waals surface area contributed by atoms with Gasteiger partial charge in [0, 0.05) is 6.54 Å². The molecule has 0 radical (unpaired) electrons. The first-order valence-corrected chi connectivity index (χ1v) is 13.1. The molecule has 0 spiro atoms. The van der Waals surface area contributed by atoms with Crippen LogP contribution >= 0.6 is 0 Å². The van der Waals surface area contributed by atoms with Crippen molar-refractivity contribution < 1.29 is 29.1 Å². The number of allylic oxidation sites excluding steroid dienone is 3. The van der Waals surface area contributed by atoms with Crippen molar-refractivity contribution in [2.24, 2.45) is 11.3 Å². The summed E-state index contributed by atoms with van der Waals surface area (Å²) in [6.45, 7) is 13.7. The van der Waals surface area contributed by atoms with Crippen LogP contribution in [0.25, 0.3) is 6.08 Å². The summed E-state index contributed by atoms with van der Waals surface area (Å²) in [4.78, 5) is 39.3. The van der Waals surface area contributed by atoms with Crippen LogP contribution in [-0.2, 0) is 30.3 Å². The fourth-order valence-electron chi connectivity index (χ4n) is 3.79. The standard InChI is InChI=1S/C29H45N3O6/c1-8-10-11-13-21-14-12-15-22(18-21)19-23(24(27(34)32-36)38-17-16-37-20(3)4)26(33)31-25(29(5,6)7)28(35)30-9-2/h8,10-15,18,20,23-25,36H,9,16-17,19H2,1-7H3,(H,30,35)(H,31,33)(H,32,34)/b10-8-,13-11-/t23?,24?,25-/m1/s1. The first kappa shape index (κ1) is 33.0. The molecule has 0 aliphatic rings. The van der Waals surface area contributed by atoms with Crippen molar-refractivity contribution in [1.82, 2.24) is 16.1 Å². The molecule has 4 N–H and O–H groups in total. The highest BCUT2D eigenvalue weighted by molar-refractivity contribution is 5.92. The van der Waals surface area contributed by atoms with Gasteiger partial charge in [-0.05, 0) is 50.7 Å². The lowest BCUT2D eigenvalue weighted by molar-refractivity contribution is -0.153. The Morgan fingerprint density at radius 3 is 2.29 bits per heavy atom. The molecule has 9 heteroatoms. The zero-order valence-corrected chi connectivity index (χ0v) is 23.7. The van der Waals surface area contributed by atoms with Crippen LogP contribution in [0.3, 0.4) is 0 Å². The van der Waals surface area contributed by atoms with E-state index in [1.807, 2.05) is 90.1 Å². The summed E-state index contributed by atoms with van der Waals surface area (Å²) in [6, 6.07) is 6.72. The van der Waals surface area contributed by atoms with Crippen molar-refractivity contribution in [3.05, 3.63) is 53.6 Å². The molecule has 1 aromatic rings. The van der Waals surface area contributed by atoms with Gasteiger partial charge in [0.15, 0.2) is 0 Å². The third-order valence-electron chi connectivity index (χ3n) is 5.67. The minimum absolute atomic E-state index is 0.0329. The molecule has 2 unspecified atom stereocenters. The van der Waals surface area contributed by atoms with Crippen LogP contribution in [0.15, 0.2) is 42.5 Å². The van der Waals surface area contributed by atoms with E-state index in [0.29, 0.717) is 6.54 Å². The van der Waals surface area contributed by atoms with Gasteiger partial charge >= 0.3 is 0 Å². The molecule has 212 valence electrons. The number of carbonyl (C=O) groups is 3. The van der Waals surface area contributed by atoms with Crippen LogP contribution in [-0.4, -0.2) is 60.9 Å². The molecule has 3 atom stereocenters. The number of nitrogens with one attached hydrogen (secondary N) is 3. The third-order valence-corrected chi connectivity index (χ3v) is 5.67. The zero-order valence-electron chi connectivity index (χ0n) is 23.7. The molecule has 9 nitrogen and oxygen atoms in total. The second-order valence-corrected chi connectivity index (χ2v) is 10.3. The molecule has 1 rings (SSSR count). The summed E-state index contributed by atoms with van der Waals surface area (Å²) >= 11 is 0. The Morgan fingerprint density at radius 2 is 1.71 bits per heavy atom. The van der Waals surface area contributed by atoms with Crippen LogP contribution in [0.2, 0.25) is 0 Å². The van der Waals surface area contributed by atoms with Crippen molar-refractivity contribution in [3.63, 3.8) is 0 Å². The van der Waals surface area contributed by atoms with Crippen LogP contribution in [0.5, 0.6) is 0 Å². The van der Waals surface area contributed by atoms with Gasteiger partial charge in [0.2, 0.25) is 11.8 Å². The molecule has 0 fully saturated rings. The van der Waals surface area contributed by atoms with Crippen molar-refractivity contribution >= 4 is 23.8 Å². The van der Waals surface area contributed by atoms with Gasteiger partial charge in [0.1, 0.15) is 12.1 Å². The van der Waals surface area contributed by atoms with Gasteiger partial charge in [-0.1, -0.05) is 69.3 Å². The van der Waals surface area contributed by atoms with E-state index >= 15 is 0 Å². The van der Waals surface area contributed by atoms with Gasteiger partial charge in [-0.3, -0.25) is 19.6 Å². The highest BCUT2D eigenvalue weighted by Crippen LogP contribution is 2.23. The van der Waals surface area contributed by atoms with Gasteiger partial charge in [-0.2, -0.15) is 0 Å². The van der Waals surface area contributed by atoms with E-state index in [9.17, 15) is 19.6 Å². The molecular formula is C29H45N3O6. The lowest BCUT2D eigenvalue weighted by atomic mass is 9.84. The quantitative estimate of drug-likeness (QED) is 0.119. The zero-order chi connectivity index (χ0) is 28.7. The number of hydrogen-bond donors (Lipinski definition) is 4. The highest BCUT2D eigenvalue weighted by atomic mass is 16.5. The molecule has 0 saturated heterocycles. The molecule has 0 bridgehead atoms. The smallest absolute Gasteiger partial charge is 0.273 e. The summed E-state index contributed by atoms with van der Waals surface area (Å²) in [7, 11) is 0. The second kappa shape index (κ2) is 16.8. The van der Waals surface area contributed by atoms with E-state index in [1.165, 1.54) is 0 Å². The maximum absolute atomic E-state index is 13.7. The molecule has 0 aliphatic carbocycles. The lowest BCUT2D eigenvalue weighted by Crippen LogP contribution is -2.57. The molecule has 0 aliphatic heterocycles. The Hall–Kier alpha value is -3.01. The number of carbonyl (C=O) groups excluding carboxylic acids is 3. The first-order chi connectivity index (χ1) is 17.9. The van der Waals surface area contributed by atoms with Crippen LogP contribution in [0.4, 0.5) is 0 Å². The maximum atomic E-state index is 13.7. The molecule has 38 heavy (non-hydrogen) atoms. The predicted octanol–water partition coefficient (Wildman–Crippen LogP) is 3.42. The Morgan fingerprint density at radius 1 is 1.03 bits per heavy atom. The van der Waals surface area contributed by atoms with Crippen molar-refractivity contribution in [2.45, 2.75) is 73.1 Å². The van der Waals surface area contributed by atoms with E-state index in [2.05, 4.69) is 10.6 Å². The monoisotopic (exact) mass is 531 g/mol. The average molecular weight is 532 g/mol. The minimum atomic E-state index is -1.33. The van der Waals surface area contributed by atoms with E-state index in [-0.39, 0.29) is 31.6 Å². The van der Waals surface area contributed by atoms with E-state index in [0.717, 1.165) is 11.1 Å². The van der Waals surface area contributed by atoms with Crippen molar-refractivity contribution in [2.75, 3.05) is 19.8 Å². The molecule has 3 amide bonds. The number of likely N-dealkylation sites (N-methyl/N-ethyl adjacent to an activating group) is 1. The molecule has 0 aromatic heterocycles. The number of hydrogen-bond acceptors (Lipinski definition) is 6. The highest BCUT2D eigenvalue weighted by Gasteiger charge is 2.39. The van der Waals surface area contributed by atoms with E-state index in [1.54, 1.807) is 12.4 Å². The fraction of sp³-hybridized carbons (Fsp3) is 0.552. The Bertz CT molecular complexity index is 952. The molecular weight excluding hydrogens is 486 g/mol. The summed E-state index contributed by atoms with van der Waals surface area (Å²) in [6.07, 6.45) is 6.43.